The van der Waals surface area contributed by atoms with Gasteiger partial charge >= 0.3 is 6.18 Å². The Kier molecular flexibility index (Phi) is 4.98. The van der Waals surface area contributed by atoms with Crippen molar-refractivity contribution in [2.75, 3.05) is 0 Å². The highest BCUT2D eigenvalue weighted by Crippen LogP contribution is 2.31. The number of rotatable bonds is 3. The van der Waals surface area contributed by atoms with E-state index in [1.165, 1.54) is 36.4 Å². The molecule has 0 aliphatic carbocycles. The van der Waals surface area contributed by atoms with Crippen molar-refractivity contribution in [3.63, 3.8) is 0 Å². The molecule has 1 amide bonds. The lowest BCUT2D eigenvalue weighted by Gasteiger charge is -2.13. The molecule has 0 aliphatic rings. The highest BCUT2D eigenvalue weighted by atomic mass is 35.5. The number of carbonyl (C=O) groups is 1. The summed E-state index contributed by atoms with van der Waals surface area (Å²) in [7, 11) is 0. The van der Waals surface area contributed by atoms with E-state index in [2.05, 4.69) is 5.32 Å². The first-order valence-electron chi connectivity index (χ1n) is 6.17. The van der Waals surface area contributed by atoms with Crippen molar-refractivity contribution in [3.8, 4) is 0 Å². The van der Waals surface area contributed by atoms with Gasteiger partial charge in [0.25, 0.3) is 5.91 Å². The van der Waals surface area contributed by atoms with Gasteiger partial charge in [0.2, 0.25) is 0 Å². The number of hydrogen-bond acceptors (Lipinski definition) is 1. The van der Waals surface area contributed by atoms with Gasteiger partial charge in [-0.2, -0.15) is 13.2 Å². The van der Waals surface area contributed by atoms with Crippen molar-refractivity contribution < 1.29 is 18.0 Å². The average molecular weight is 348 g/mol. The van der Waals surface area contributed by atoms with Gasteiger partial charge in [-0.25, -0.2) is 0 Å². The van der Waals surface area contributed by atoms with Crippen LogP contribution in [0, 0.1) is 0 Å². The lowest BCUT2D eigenvalue weighted by atomic mass is 10.1. The third-order valence-electron chi connectivity index (χ3n) is 2.94. The van der Waals surface area contributed by atoms with Crippen LogP contribution in [-0.4, -0.2) is 5.91 Å². The smallest absolute Gasteiger partial charge is 0.348 e. The minimum Gasteiger partial charge on any atom is -0.348 e. The lowest BCUT2D eigenvalue weighted by molar-refractivity contribution is -0.138. The molecule has 0 saturated heterocycles. The summed E-state index contributed by atoms with van der Waals surface area (Å²) in [6.45, 7) is -0.256. The van der Waals surface area contributed by atoms with Crippen LogP contribution in [-0.2, 0) is 12.7 Å². The first-order valence-corrected chi connectivity index (χ1v) is 6.93. The molecule has 0 spiro atoms. The molecule has 0 atom stereocenters. The number of hydrogen-bond donors (Lipinski definition) is 1. The van der Waals surface area contributed by atoms with E-state index >= 15 is 0 Å². The van der Waals surface area contributed by atoms with Gasteiger partial charge in [-0.15, -0.1) is 0 Å². The Morgan fingerprint density at radius 2 is 1.77 bits per heavy atom. The maximum Gasteiger partial charge on any atom is 0.416 e. The predicted octanol–water partition coefficient (Wildman–Crippen LogP) is 4.94. The molecule has 1 N–H and O–H groups in total. The third-order valence-corrected chi connectivity index (χ3v) is 3.49. The Balaban J connectivity index is 2.15. The molecule has 22 heavy (non-hydrogen) atoms. The van der Waals surface area contributed by atoms with E-state index in [1.54, 1.807) is 0 Å². The Labute approximate surface area is 134 Å². The molecule has 0 aliphatic heterocycles. The van der Waals surface area contributed by atoms with Crippen LogP contribution in [0.1, 0.15) is 21.5 Å². The van der Waals surface area contributed by atoms with E-state index in [1.807, 2.05) is 0 Å². The van der Waals surface area contributed by atoms with E-state index < -0.39 is 17.6 Å². The largest absolute Gasteiger partial charge is 0.416 e. The zero-order valence-corrected chi connectivity index (χ0v) is 12.6. The van der Waals surface area contributed by atoms with Crippen LogP contribution in [0.15, 0.2) is 42.5 Å². The summed E-state index contributed by atoms with van der Waals surface area (Å²) in [5.41, 5.74) is -0.651. The number of halogens is 5. The Morgan fingerprint density at radius 3 is 2.41 bits per heavy atom. The predicted molar refractivity (Wildman–Crippen MR) is 79.1 cm³/mol. The van der Waals surface area contributed by atoms with Gasteiger partial charge in [-0.1, -0.05) is 41.4 Å². The van der Waals surface area contributed by atoms with Crippen LogP contribution in [0.2, 0.25) is 10.0 Å². The Hall–Kier alpha value is -1.72. The van der Waals surface area contributed by atoms with Gasteiger partial charge < -0.3 is 5.32 Å². The summed E-state index contributed by atoms with van der Waals surface area (Å²) in [5, 5.41) is 2.92. The number of nitrogens with one attached hydrogen (secondary N) is 1. The average Bonchev–Trinajstić information content (AvgIpc) is 2.44. The normalized spacial score (nSPS) is 11.3. The molecule has 0 heterocycles. The Morgan fingerprint density at radius 1 is 1.09 bits per heavy atom. The molecule has 116 valence electrons. The third kappa shape index (κ3) is 3.93. The minimum atomic E-state index is -4.47. The minimum absolute atomic E-state index is 0.0200. The lowest BCUT2D eigenvalue weighted by Crippen LogP contribution is -2.24. The van der Waals surface area contributed by atoms with Gasteiger partial charge in [-0.3, -0.25) is 4.79 Å². The SMILES string of the molecule is O=C(NCc1ccccc1C(F)(F)F)c1ccc(Cl)cc1Cl. The molecular formula is C15H10Cl2F3NO. The zero-order valence-electron chi connectivity index (χ0n) is 11.0. The standard InChI is InChI=1S/C15H10Cl2F3NO/c16-10-5-6-11(13(17)7-10)14(22)21-8-9-3-1-2-4-12(9)15(18,19)20/h1-7H,8H2,(H,21,22). The highest BCUT2D eigenvalue weighted by Gasteiger charge is 2.32. The van der Waals surface area contributed by atoms with Crippen molar-refractivity contribution in [3.05, 3.63) is 69.2 Å². The fraction of sp³-hybridized carbons (Fsp3) is 0.133. The van der Waals surface area contributed by atoms with Crippen LogP contribution < -0.4 is 5.32 Å². The number of benzene rings is 2. The summed E-state index contributed by atoms with van der Waals surface area (Å²) >= 11 is 11.6. The first kappa shape index (κ1) is 16.6. The van der Waals surface area contributed by atoms with Crippen LogP contribution in [0.25, 0.3) is 0 Å². The van der Waals surface area contributed by atoms with E-state index in [9.17, 15) is 18.0 Å². The zero-order chi connectivity index (χ0) is 16.3. The van der Waals surface area contributed by atoms with Crippen molar-refractivity contribution in [2.24, 2.45) is 0 Å². The van der Waals surface area contributed by atoms with Crippen LogP contribution in [0.4, 0.5) is 13.2 Å². The van der Waals surface area contributed by atoms with Crippen molar-refractivity contribution in [1.29, 1.82) is 0 Å². The van der Waals surface area contributed by atoms with Gasteiger partial charge in [0.15, 0.2) is 0 Å². The van der Waals surface area contributed by atoms with Gasteiger partial charge in [0.1, 0.15) is 0 Å². The molecule has 2 aromatic rings. The quantitative estimate of drug-likeness (QED) is 0.836. The second-order valence-electron chi connectivity index (χ2n) is 4.46. The molecule has 2 rings (SSSR count). The molecule has 0 fully saturated rings. The van der Waals surface area contributed by atoms with Gasteiger partial charge in [0, 0.05) is 11.6 Å². The molecule has 0 unspecified atom stereocenters. The van der Waals surface area contributed by atoms with Gasteiger partial charge in [-0.05, 0) is 29.8 Å². The van der Waals surface area contributed by atoms with E-state index in [0.29, 0.717) is 5.02 Å². The molecule has 2 aromatic carbocycles. The molecule has 2 nitrogen and oxygen atoms in total. The van der Waals surface area contributed by atoms with Crippen molar-refractivity contribution in [2.45, 2.75) is 12.7 Å². The number of carbonyl (C=O) groups excluding carboxylic acids is 1. The summed E-state index contributed by atoms with van der Waals surface area (Å²) in [6, 6.07) is 9.34. The maximum atomic E-state index is 12.9. The molecule has 7 heteroatoms. The summed E-state index contributed by atoms with van der Waals surface area (Å²) in [5.74, 6) is -0.571. The summed E-state index contributed by atoms with van der Waals surface area (Å²) in [6.07, 6.45) is -4.47. The van der Waals surface area contributed by atoms with Crippen LogP contribution in [0.3, 0.4) is 0 Å². The van der Waals surface area contributed by atoms with E-state index in [0.717, 1.165) is 6.07 Å². The Bertz CT molecular complexity index is 701. The second kappa shape index (κ2) is 6.58. The number of alkyl halides is 3. The van der Waals surface area contributed by atoms with Crippen molar-refractivity contribution in [1.82, 2.24) is 5.32 Å². The second-order valence-corrected chi connectivity index (χ2v) is 5.31. The monoisotopic (exact) mass is 347 g/mol. The number of amides is 1. The topological polar surface area (TPSA) is 29.1 Å². The highest BCUT2D eigenvalue weighted by molar-refractivity contribution is 6.36. The summed E-state index contributed by atoms with van der Waals surface area (Å²) in [4.78, 5) is 12.0. The van der Waals surface area contributed by atoms with Gasteiger partial charge in [0.05, 0.1) is 16.1 Å². The van der Waals surface area contributed by atoms with Crippen LogP contribution >= 0.6 is 23.2 Å². The maximum absolute atomic E-state index is 12.9. The van der Waals surface area contributed by atoms with Crippen molar-refractivity contribution >= 4 is 29.1 Å². The van der Waals surface area contributed by atoms with E-state index in [-0.39, 0.29) is 22.7 Å². The first-order chi connectivity index (χ1) is 10.3. The molecule has 0 bridgehead atoms. The summed E-state index contributed by atoms with van der Waals surface area (Å²) < 4.78 is 38.6. The molecular weight excluding hydrogens is 338 g/mol. The molecule has 0 aromatic heterocycles. The van der Waals surface area contributed by atoms with Crippen LogP contribution in [0.5, 0.6) is 0 Å². The van der Waals surface area contributed by atoms with E-state index in [4.69, 9.17) is 23.2 Å². The molecule has 0 radical (unpaired) electrons. The fourth-order valence-electron chi connectivity index (χ4n) is 1.90. The fourth-order valence-corrected chi connectivity index (χ4v) is 2.39. The molecule has 0 saturated carbocycles.